The summed E-state index contributed by atoms with van der Waals surface area (Å²) in [6, 6.07) is 13.2. The van der Waals surface area contributed by atoms with E-state index in [2.05, 4.69) is 10.6 Å². The summed E-state index contributed by atoms with van der Waals surface area (Å²) in [7, 11) is 4.63. The molecule has 2 aromatic rings. The van der Waals surface area contributed by atoms with Gasteiger partial charge in [-0.2, -0.15) is 0 Å². The molecule has 188 valence electrons. The lowest BCUT2D eigenvalue weighted by Crippen LogP contribution is -2.54. The number of carbonyl (C=O) groups is 3. The quantitative estimate of drug-likeness (QED) is 0.502. The van der Waals surface area contributed by atoms with Crippen LogP contribution in [0, 0.1) is 5.92 Å². The smallest absolute Gasteiger partial charge is 0.257 e. The fraction of sp³-hybridized carbons (Fsp3) is 0.423. The van der Waals surface area contributed by atoms with Gasteiger partial charge in [-0.05, 0) is 49.1 Å². The number of benzene rings is 2. The third-order valence-corrected chi connectivity index (χ3v) is 6.14. The predicted octanol–water partition coefficient (Wildman–Crippen LogP) is 2.12. The molecule has 1 atom stereocenters. The SMILES string of the molecule is COCCNC(=O)[C@@H](NC(=O)c1cccc(OC)c1)C1CCN(C(=O)c2ccccc2OC)CC1. The Morgan fingerprint density at radius 3 is 2.43 bits per heavy atom. The zero-order valence-corrected chi connectivity index (χ0v) is 20.4. The minimum atomic E-state index is -0.742. The van der Waals surface area contributed by atoms with Gasteiger partial charge in [0.05, 0.1) is 26.4 Å². The van der Waals surface area contributed by atoms with Gasteiger partial charge in [0.15, 0.2) is 0 Å². The number of hydrogen-bond acceptors (Lipinski definition) is 6. The Kier molecular flexibility index (Phi) is 9.48. The van der Waals surface area contributed by atoms with E-state index in [0.29, 0.717) is 61.7 Å². The molecule has 0 aromatic heterocycles. The van der Waals surface area contributed by atoms with Crippen molar-refractivity contribution in [2.75, 3.05) is 47.6 Å². The first-order valence-electron chi connectivity index (χ1n) is 11.6. The van der Waals surface area contributed by atoms with Crippen molar-refractivity contribution in [1.82, 2.24) is 15.5 Å². The second kappa shape index (κ2) is 12.8. The molecule has 0 bridgehead atoms. The topological polar surface area (TPSA) is 106 Å². The van der Waals surface area contributed by atoms with Gasteiger partial charge in [0.1, 0.15) is 17.5 Å². The van der Waals surface area contributed by atoms with Gasteiger partial charge >= 0.3 is 0 Å². The number of nitrogens with zero attached hydrogens (tertiary/aromatic N) is 1. The molecular weight excluding hydrogens is 450 g/mol. The van der Waals surface area contributed by atoms with Crippen molar-refractivity contribution in [1.29, 1.82) is 0 Å². The van der Waals surface area contributed by atoms with Gasteiger partial charge in [0.25, 0.3) is 11.8 Å². The van der Waals surface area contributed by atoms with Crippen molar-refractivity contribution in [3.63, 3.8) is 0 Å². The lowest BCUT2D eigenvalue weighted by Gasteiger charge is -2.36. The van der Waals surface area contributed by atoms with Crippen LogP contribution in [0.3, 0.4) is 0 Å². The van der Waals surface area contributed by atoms with E-state index >= 15 is 0 Å². The summed E-state index contributed by atoms with van der Waals surface area (Å²) in [5.74, 6) is 0.217. The molecule has 1 aliphatic heterocycles. The van der Waals surface area contributed by atoms with E-state index in [1.165, 1.54) is 14.2 Å². The molecule has 0 radical (unpaired) electrons. The molecule has 3 rings (SSSR count). The monoisotopic (exact) mass is 483 g/mol. The number of likely N-dealkylation sites (tertiary alicyclic amines) is 1. The van der Waals surface area contributed by atoms with Gasteiger partial charge in [-0.25, -0.2) is 0 Å². The van der Waals surface area contributed by atoms with Crippen LogP contribution >= 0.6 is 0 Å². The first-order valence-corrected chi connectivity index (χ1v) is 11.6. The minimum absolute atomic E-state index is 0.109. The van der Waals surface area contributed by atoms with Crippen LogP contribution in [0.2, 0.25) is 0 Å². The zero-order chi connectivity index (χ0) is 25.2. The third-order valence-electron chi connectivity index (χ3n) is 6.14. The number of nitrogens with one attached hydrogen (secondary N) is 2. The maximum absolute atomic E-state index is 13.1. The van der Waals surface area contributed by atoms with Gasteiger partial charge in [-0.3, -0.25) is 14.4 Å². The number of ether oxygens (including phenoxy) is 3. The zero-order valence-electron chi connectivity index (χ0n) is 20.4. The van der Waals surface area contributed by atoms with E-state index in [1.807, 2.05) is 6.07 Å². The highest BCUT2D eigenvalue weighted by atomic mass is 16.5. The Morgan fingerprint density at radius 1 is 1.00 bits per heavy atom. The summed E-state index contributed by atoms with van der Waals surface area (Å²) in [5.41, 5.74) is 0.913. The number of piperidine rings is 1. The molecule has 0 saturated carbocycles. The molecule has 1 heterocycles. The first kappa shape index (κ1) is 26.0. The molecule has 1 aliphatic rings. The summed E-state index contributed by atoms with van der Waals surface area (Å²) in [4.78, 5) is 40.8. The number of amides is 3. The van der Waals surface area contributed by atoms with E-state index in [9.17, 15) is 14.4 Å². The molecule has 0 aliphatic carbocycles. The summed E-state index contributed by atoms with van der Waals surface area (Å²) < 4.78 is 15.6. The highest BCUT2D eigenvalue weighted by Gasteiger charge is 2.34. The van der Waals surface area contributed by atoms with E-state index in [0.717, 1.165) is 0 Å². The summed E-state index contributed by atoms with van der Waals surface area (Å²) in [5, 5.41) is 5.74. The summed E-state index contributed by atoms with van der Waals surface area (Å²) >= 11 is 0. The molecule has 2 aromatic carbocycles. The second-order valence-electron chi connectivity index (χ2n) is 8.30. The van der Waals surface area contributed by atoms with Gasteiger partial charge in [-0.15, -0.1) is 0 Å². The lowest BCUT2D eigenvalue weighted by atomic mass is 9.88. The van der Waals surface area contributed by atoms with E-state index in [4.69, 9.17) is 14.2 Å². The van der Waals surface area contributed by atoms with Crippen LogP contribution in [0.1, 0.15) is 33.6 Å². The molecule has 0 unspecified atom stereocenters. The Morgan fingerprint density at radius 2 is 1.74 bits per heavy atom. The van der Waals surface area contributed by atoms with E-state index in [1.54, 1.807) is 54.5 Å². The first-order chi connectivity index (χ1) is 17.0. The number of methoxy groups -OCH3 is 3. The van der Waals surface area contributed by atoms with Gasteiger partial charge in [-0.1, -0.05) is 18.2 Å². The molecule has 1 saturated heterocycles. The fourth-order valence-electron chi connectivity index (χ4n) is 4.20. The van der Waals surface area contributed by atoms with Crippen molar-refractivity contribution >= 4 is 17.7 Å². The van der Waals surface area contributed by atoms with Crippen molar-refractivity contribution in [3.05, 3.63) is 59.7 Å². The van der Waals surface area contributed by atoms with Crippen LogP contribution in [0.15, 0.2) is 48.5 Å². The van der Waals surface area contributed by atoms with Crippen LogP contribution in [0.4, 0.5) is 0 Å². The molecule has 2 N–H and O–H groups in total. The minimum Gasteiger partial charge on any atom is -0.497 e. The maximum atomic E-state index is 13.1. The molecule has 35 heavy (non-hydrogen) atoms. The van der Waals surface area contributed by atoms with E-state index in [-0.39, 0.29) is 23.6 Å². The Bertz CT molecular complexity index is 1020. The average molecular weight is 484 g/mol. The number of rotatable bonds is 10. The Balaban J connectivity index is 1.70. The number of hydrogen-bond donors (Lipinski definition) is 2. The van der Waals surface area contributed by atoms with Crippen molar-refractivity contribution < 1.29 is 28.6 Å². The van der Waals surface area contributed by atoms with Gasteiger partial charge in [0, 0.05) is 32.3 Å². The van der Waals surface area contributed by atoms with Crippen LogP contribution in [-0.4, -0.2) is 76.2 Å². The lowest BCUT2D eigenvalue weighted by molar-refractivity contribution is -0.124. The molecular formula is C26H33N3O6. The van der Waals surface area contributed by atoms with Gasteiger partial charge < -0.3 is 29.7 Å². The van der Waals surface area contributed by atoms with E-state index < -0.39 is 6.04 Å². The van der Waals surface area contributed by atoms with Crippen LogP contribution in [-0.2, 0) is 9.53 Å². The Labute approximate surface area is 205 Å². The van der Waals surface area contributed by atoms with Crippen LogP contribution in [0.25, 0.3) is 0 Å². The highest BCUT2D eigenvalue weighted by molar-refractivity contribution is 5.98. The van der Waals surface area contributed by atoms with Crippen molar-refractivity contribution in [2.45, 2.75) is 18.9 Å². The van der Waals surface area contributed by atoms with Crippen LogP contribution in [0.5, 0.6) is 11.5 Å². The fourth-order valence-corrected chi connectivity index (χ4v) is 4.20. The standard InChI is InChI=1S/C26H33N3O6/c1-33-16-13-27-25(31)23(28-24(30)19-7-6-8-20(17-19)34-2)18-11-14-29(15-12-18)26(32)21-9-4-5-10-22(21)35-3/h4-10,17-18,23H,11-16H2,1-3H3,(H,27,31)(H,28,30)/t23-/m0/s1. The van der Waals surface area contributed by atoms with Crippen molar-refractivity contribution in [3.8, 4) is 11.5 Å². The maximum Gasteiger partial charge on any atom is 0.257 e. The van der Waals surface area contributed by atoms with Crippen molar-refractivity contribution in [2.24, 2.45) is 5.92 Å². The summed E-state index contributed by atoms with van der Waals surface area (Å²) in [6.07, 6.45) is 1.14. The molecule has 9 heteroatoms. The molecule has 1 fully saturated rings. The molecule has 0 spiro atoms. The predicted molar refractivity (Wildman–Crippen MR) is 131 cm³/mol. The Hall–Kier alpha value is -3.59. The largest absolute Gasteiger partial charge is 0.497 e. The summed E-state index contributed by atoms with van der Waals surface area (Å²) in [6.45, 7) is 1.65. The average Bonchev–Trinajstić information content (AvgIpc) is 2.91. The van der Waals surface area contributed by atoms with Crippen LogP contribution < -0.4 is 20.1 Å². The third kappa shape index (κ3) is 6.73. The highest BCUT2D eigenvalue weighted by Crippen LogP contribution is 2.26. The molecule has 3 amide bonds. The van der Waals surface area contributed by atoms with Gasteiger partial charge in [0.2, 0.25) is 5.91 Å². The second-order valence-corrected chi connectivity index (χ2v) is 8.30. The number of para-hydroxylation sites is 1. The molecule has 9 nitrogen and oxygen atoms in total. The normalized spacial score (nSPS) is 14.7. The number of carbonyl (C=O) groups excluding carboxylic acids is 3.